The number of aryl methyl sites for hydroxylation is 1. The Bertz CT molecular complexity index is 1860. The number of rotatable bonds is 16. The quantitative estimate of drug-likeness (QED) is 0.0676. The zero-order chi connectivity index (χ0) is 37.7. The summed E-state index contributed by atoms with van der Waals surface area (Å²) in [5, 5.41) is 9.33. The van der Waals surface area contributed by atoms with E-state index in [4.69, 9.17) is 32.7 Å². The third-order valence-electron chi connectivity index (χ3n) is 9.40. The average molecular weight is 743 g/mol. The maximum absolute atomic E-state index is 12.5. The molecule has 1 saturated heterocycles. The van der Waals surface area contributed by atoms with Crippen LogP contribution in [-0.4, -0.2) is 72.1 Å². The maximum Gasteiger partial charge on any atom is 0.302 e. The molecular weight excluding hydrogens is 695 g/mol. The molecule has 0 N–H and O–H groups in total. The van der Waals surface area contributed by atoms with Crippen LogP contribution >= 0.6 is 8.53 Å². The van der Waals surface area contributed by atoms with Crippen molar-refractivity contribution in [1.29, 1.82) is 5.26 Å². The van der Waals surface area contributed by atoms with Crippen LogP contribution in [0.5, 0.6) is 17.5 Å². The van der Waals surface area contributed by atoms with Crippen molar-refractivity contribution in [1.82, 2.24) is 14.2 Å². The van der Waals surface area contributed by atoms with Gasteiger partial charge < -0.3 is 32.7 Å². The van der Waals surface area contributed by atoms with Crippen LogP contribution in [0.1, 0.15) is 62.6 Å². The van der Waals surface area contributed by atoms with Gasteiger partial charge in [0.15, 0.2) is 12.3 Å². The topological polar surface area (TPSA) is 127 Å². The summed E-state index contributed by atoms with van der Waals surface area (Å²) in [6.07, 6.45) is -0.780. The number of nitrogens with zero attached hydrogens (tertiary/aromatic N) is 4. The number of ether oxygens (including phenoxy) is 5. The third-order valence-corrected chi connectivity index (χ3v) is 11.5. The summed E-state index contributed by atoms with van der Waals surface area (Å²) >= 11 is 0. The van der Waals surface area contributed by atoms with Crippen LogP contribution in [0.4, 0.5) is 0 Å². The second kappa shape index (κ2) is 16.8. The number of aromatic nitrogens is 2. The monoisotopic (exact) mass is 742 g/mol. The lowest BCUT2D eigenvalue weighted by molar-refractivity contribution is -0.0915. The van der Waals surface area contributed by atoms with E-state index in [-0.39, 0.29) is 43.3 Å². The van der Waals surface area contributed by atoms with E-state index in [1.807, 2.05) is 78.9 Å². The van der Waals surface area contributed by atoms with Crippen LogP contribution in [0.2, 0.25) is 0 Å². The number of methoxy groups -OCH3 is 2. The van der Waals surface area contributed by atoms with Gasteiger partial charge in [-0.05, 0) is 75.6 Å². The Kier molecular flexibility index (Phi) is 12.1. The minimum absolute atomic E-state index is 0.0651. The van der Waals surface area contributed by atoms with Crippen molar-refractivity contribution in [2.45, 2.75) is 83.3 Å². The van der Waals surface area contributed by atoms with Crippen LogP contribution in [0.15, 0.2) is 89.9 Å². The van der Waals surface area contributed by atoms with E-state index < -0.39 is 38.7 Å². The fourth-order valence-electron chi connectivity index (χ4n) is 6.94. The van der Waals surface area contributed by atoms with Crippen LogP contribution in [0.3, 0.4) is 0 Å². The number of benzene rings is 3. The van der Waals surface area contributed by atoms with Crippen LogP contribution in [-0.2, 0) is 24.1 Å². The Balaban J connectivity index is 1.44. The van der Waals surface area contributed by atoms with Gasteiger partial charge in [-0.3, -0.25) is 9.36 Å². The fraction of sp³-hybridized carbons (Fsp3) is 0.425. The smallest absolute Gasteiger partial charge is 0.302 e. The molecule has 3 heterocycles. The highest BCUT2D eigenvalue weighted by molar-refractivity contribution is 7.44. The summed E-state index contributed by atoms with van der Waals surface area (Å²) in [5.74, 6) is 1.43. The molecule has 5 atom stereocenters. The van der Waals surface area contributed by atoms with Crippen LogP contribution < -0.4 is 19.8 Å². The summed E-state index contributed by atoms with van der Waals surface area (Å²) in [6, 6.07) is 28.2. The Labute approximate surface area is 312 Å². The molecule has 6 rings (SSSR count). The third kappa shape index (κ3) is 7.83. The molecule has 1 fully saturated rings. The first-order valence-corrected chi connectivity index (χ1v) is 18.9. The minimum Gasteiger partial charge on any atom is -0.497 e. The van der Waals surface area contributed by atoms with E-state index in [9.17, 15) is 10.1 Å². The average Bonchev–Trinajstić information content (AvgIpc) is 3.67. The van der Waals surface area contributed by atoms with E-state index in [1.54, 1.807) is 31.9 Å². The Morgan fingerprint density at radius 2 is 1.51 bits per heavy atom. The summed E-state index contributed by atoms with van der Waals surface area (Å²) < 4.78 is 48.7. The van der Waals surface area contributed by atoms with Crippen molar-refractivity contribution in [2.24, 2.45) is 0 Å². The molecule has 4 aromatic rings. The minimum atomic E-state index is -1.70. The lowest BCUT2D eigenvalue weighted by Gasteiger charge is -2.39. The van der Waals surface area contributed by atoms with Gasteiger partial charge in [-0.1, -0.05) is 54.6 Å². The van der Waals surface area contributed by atoms with Crippen molar-refractivity contribution in [3.63, 3.8) is 0 Å². The van der Waals surface area contributed by atoms with Gasteiger partial charge in [0.05, 0.1) is 39.9 Å². The van der Waals surface area contributed by atoms with Gasteiger partial charge in [-0.2, -0.15) is 10.2 Å². The van der Waals surface area contributed by atoms with E-state index in [1.165, 1.54) is 0 Å². The predicted octanol–water partition coefficient (Wildman–Crippen LogP) is 6.90. The molecule has 1 unspecified atom stereocenters. The Morgan fingerprint density at radius 1 is 0.925 bits per heavy atom. The second-order valence-corrected chi connectivity index (χ2v) is 14.9. The first-order chi connectivity index (χ1) is 25.6. The van der Waals surface area contributed by atoms with Crippen molar-refractivity contribution in [3.8, 4) is 23.6 Å². The lowest BCUT2D eigenvalue weighted by Crippen LogP contribution is -2.43. The van der Waals surface area contributed by atoms with Crippen LogP contribution in [0.25, 0.3) is 0 Å². The van der Waals surface area contributed by atoms with Crippen molar-refractivity contribution >= 4 is 8.53 Å². The second-order valence-electron chi connectivity index (χ2n) is 13.5. The molecule has 0 bridgehead atoms. The molecule has 0 spiro atoms. The van der Waals surface area contributed by atoms with E-state index in [0.29, 0.717) is 17.1 Å². The number of nitriles is 1. The van der Waals surface area contributed by atoms with E-state index in [2.05, 4.69) is 43.4 Å². The van der Waals surface area contributed by atoms with Crippen molar-refractivity contribution in [3.05, 3.63) is 118 Å². The molecule has 0 radical (unpaired) electrons. The SMILES string of the molecule is COc1ccc(C(OC[C@H]2O[C@@H]3[C@@H](Oc4nc(=O)c(C)cn43)[C@H]2OP(OCCC#N)N(C(C)C)C(C)C)(c2ccccc2)c2ccc(OC)cc2)cc1. The fourth-order valence-corrected chi connectivity index (χ4v) is 8.71. The van der Waals surface area contributed by atoms with Gasteiger partial charge in [-0.15, -0.1) is 0 Å². The molecule has 280 valence electrons. The Morgan fingerprint density at radius 3 is 2.06 bits per heavy atom. The first-order valence-electron chi connectivity index (χ1n) is 17.8. The standard InChI is InChI=1S/C40H47N4O8P/c1-26(2)44(27(3)4)53(49-23-11-22-41)52-35-34(50-38-36(35)51-39-42-37(45)28(5)24-43(38)39)25-48-40(29-12-9-8-10-13-29,30-14-18-32(46-6)19-15-30)31-16-20-33(47-7)21-17-31/h8-10,12-21,24,26-27,34-36,38H,11,23,25H2,1-7H3/t34-,35+,36+,38-,53?/m1/s1. The molecule has 0 amide bonds. The highest BCUT2D eigenvalue weighted by atomic mass is 31.2. The van der Waals surface area contributed by atoms with Gasteiger partial charge in [0.25, 0.3) is 14.1 Å². The first kappa shape index (κ1) is 38.4. The molecule has 1 aromatic heterocycles. The number of hydrogen-bond acceptors (Lipinski definition) is 11. The highest BCUT2D eigenvalue weighted by Gasteiger charge is 2.55. The highest BCUT2D eigenvalue weighted by Crippen LogP contribution is 2.52. The van der Waals surface area contributed by atoms with Crippen molar-refractivity contribution < 1.29 is 32.7 Å². The summed E-state index contributed by atoms with van der Waals surface area (Å²) in [4.78, 5) is 16.7. The Hall–Kier alpha value is -4.34. The number of hydrogen-bond donors (Lipinski definition) is 0. The van der Waals surface area contributed by atoms with Gasteiger partial charge in [0.2, 0.25) is 0 Å². The molecule has 2 aliphatic rings. The largest absolute Gasteiger partial charge is 0.497 e. The molecule has 12 nitrogen and oxygen atoms in total. The molecule has 13 heteroatoms. The molecular formula is C40H47N4O8P. The van der Waals surface area contributed by atoms with Gasteiger partial charge in [0, 0.05) is 23.8 Å². The van der Waals surface area contributed by atoms with Gasteiger partial charge >= 0.3 is 6.01 Å². The summed E-state index contributed by atoms with van der Waals surface area (Å²) in [7, 11) is 1.58. The molecule has 3 aromatic carbocycles. The normalized spacial score (nSPS) is 19.9. The maximum atomic E-state index is 12.5. The van der Waals surface area contributed by atoms with E-state index in [0.717, 1.165) is 16.7 Å². The molecule has 0 aliphatic carbocycles. The van der Waals surface area contributed by atoms with Crippen molar-refractivity contribution in [2.75, 3.05) is 27.4 Å². The summed E-state index contributed by atoms with van der Waals surface area (Å²) in [6.45, 7) is 10.3. The molecule has 2 aliphatic heterocycles. The zero-order valence-electron chi connectivity index (χ0n) is 31.2. The predicted molar refractivity (Wildman–Crippen MR) is 200 cm³/mol. The van der Waals surface area contributed by atoms with E-state index >= 15 is 0 Å². The van der Waals surface area contributed by atoms with Crippen LogP contribution in [0, 0.1) is 18.3 Å². The zero-order valence-corrected chi connectivity index (χ0v) is 32.1. The van der Waals surface area contributed by atoms with Gasteiger partial charge in [-0.25, -0.2) is 4.67 Å². The molecule has 53 heavy (non-hydrogen) atoms. The summed E-state index contributed by atoms with van der Waals surface area (Å²) in [5.41, 5.74) is 1.64. The number of fused-ring (bicyclic) bond motifs is 3. The molecule has 0 saturated carbocycles. The van der Waals surface area contributed by atoms with Gasteiger partial charge in [0.1, 0.15) is 29.3 Å². The lowest BCUT2D eigenvalue weighted by atomic mass is 9.80.